The highest BCUT2D eigenvalue weighted by molar-refractivity contribution is 5.94. The molecule has 0 spiro atoms. The van der Waals surface area contributed by atoms with Crippen LogP contribution in [0.5, 0.6) is 5.75 Å². The van der Waals surface area contributed by atoms with Gasteiger partial charge in [0.15, 0.2) is 0 Å². The lowest BCUT2D eigenvalue weighted by Crippen LogP contribution is -2.43. The van der Waals surface area contributed by atoms with Gasteiger partial charge in [-0.1, -0.05) is 13.0 Å². The normalized spacial score (nSPS) is 17.7. The van der Waals surface area contributed by atoms with Crippen molar-refractivity contribution < 1.29 is 14.3 Å². The van der Waals surface area contributed by atoms with Crippen LogP contribution in [0.1, 0.15) is 43.0 Å². The molecule has 1 saturated heterocycles. The quantitative estimate of drug-likeness (QED) is 0.876. The summed E-state index contributed by atoms with van der Waals surface area (Å²) < 4.78 is 5.18. The highest BCUT2D eigenvalue weighted by Crippen LogP contribution is 2.20. The first-order chi connectivity index (χ1) is 11.1. The molecule has 5 heteroatoms. The van der Waals surface area contributed by atoms with Crippen LogP contribution in [0.15, 0.2) is 24.3 Å². The molecular weight excluding hydrogens is 292 g/mol. The number of amides is 2. The summed E-state index contributed by atoms with van der Waals surface area (Å²) >= 11 is 0. The summed E-state index contributed by atoms with van der Waals surface area (Å²) in [7, 11) is 1.60. The summed E-state index contributed by atoms with van der Waals surface area (Å²) in [4.78, 5) is 26.1. The largest absolute Gasteiger partial charge is 0.497 e. The number of hydrogen-bond donors (Lipinski definition) is 1. The Kier molecular flexibility index (Phi) is 6.44. The molecule has 1 aromatic carbocycles. The monoisotopic (exact) mass is 318 g/mol. The van der Waals surface area contributed by atoms with Gasteiger partial charge in [-0.15, -0.1) is 0 Å². The van der Waals surface area contributed by atoms with Crippen molar-refractivity contribution in [2.75, 3.05) is 26.7 Å². The maximum Gasteiger partial charge on any atom is 0.253 e. The van der Waals surface area contributed by atoms with E-state index in [1.807, 2.05) is 30.0 Å². The smallest absolute Gasteiger partial charge is 0.253 e. The van der Waals surface area contributed by atoms with Crippen molar-refractivity contribution in [3.8, 4) is 5.75 Å². The zero-order valence-electron chi connectivity index (χ0n) is 14.0. The molecule has 2 amide bonds. The lowest BCUT2D eigenvalue weighted by molar-refractivity contribution is -0.121. The fourth-order valence-electron chi connectivity index (χ4n) is 2.93. The average Bonchev–Trinajstić information content (AvgIpc) is 2.60. The van der Waals surface area contributed by atoms with Crippen LogP contribution in [0.3, 0.4) is 0 Å². The third-order valence-corrected chi connectivity index (χ3v) is 4.19. The standard InChI is InChI=1S/C18H26N2O3/c1-3-6-17(21)19-12-14-7-5-10-20(13-14)18(22)15-8-4-9-16(11-15)23-2/h4,8-9,11,14H,3,5-7,10,12-13H2,1-2H3,(H,19,21)/t14-/m0/s1. The van der Waals surface area contributed by atoms with Gasteiger partial charge in [-0.25, -0.2) is 0 Å². The Balaban J connectivity index is 1.92. The van der Waals surface area contributed by atoms with Crippen LogP contribution in [0, 0.1) is 5.92 Å². The van der Waals surface area contributed by atoms with Crippen molar-refractivity contribution in [2.24, 2.45) is 5.92 Å². The average molecular weight is 318 g/mol. The van der Waals surface area contributed by atoms with Crippen LogP contribution in [-0.2, 0) is 4.79 Å². The lowest BCUT2D eigenvalue weighted by atomic mass is 9.97. The van der Waals surface area contributed by atoms with E-state index in [1.165, 1.54) is 0 Å². The second-order valence-corrected chi connectivity index (χ2v) is 6.05. The minimum atomic E-state index is 0.0356. The second-order valence-electron chi connectivity index (χ2n) is 6.05. The summed E-state index contributed by atoms with van der Waals surface area (Å²) in [6.45, 7) is 4.12. The Morgan fingerprint density at radius 1 is 1.39 bits per heavy atom. The molecule has 1 atom stereocenters. The molecule has 1 N–H and O–H groups in total. The van der Waals surface area contributed by atoms with Crippen LogP contribution in [0.4, 0.5) is 0 Å². The minimum Gasteiger partial charge on any atom is -0.497 e. The SMILES string of the molecule is CCCC(=O)NC[C@@H]1CCCN(C(=O)c2cccc(OC)c2)C1. The van der Waals surface area contributed by atoms with Crippen molar-refractivity contribution in [3.63, 3.8) is 0 Å². The number of nitrogens with one attached hydrogen (secondary N) is 1. The van der Waals surface area contributed by atoms with Gasteiger partial charge in [0.1, 0.15) is 5.75 Å². The Hall–Kier alpha value is -2.04. The Labute approximate surface area is 138 Å². The summed E-state index contributed by atoms with van der Waals surface area (Å²) in [5, 5.41) is 2.97. The van der Waals surface area contributed by atoms with E-state index in [9.17, 15) is 9.59 Å². The van der Waals surface area contributed by atoms with Gasteiger partial charge >= 0.3 is 0 Å². The van der Waals surface area contributed by atoms with Gasteiger partial charge in [-0.2, -0.15) is 0 Å². The third kappa shape index (κ3) is 4.98. The topological polar surface area (TPSA) is 58.6 Å². The first-order valence-corrected chi connectivity index (χ1v) is 8.34. The predicted octanol–water partition coefficient (Wildman–Crippen LogP) is 2.46. The number of benzene rings is 1. The fraction of sp³-hybridized carbons (Fsp3) is 0.556. The molecule has 0 bridgehead atoms. The summed E-state index contributed by atoms with van der Waals surface area (Å²) in [6.07, 6.45) is 3.45. The molecule has 0 aromatic heterocycles. The van der Waals surface area contributed by atoms with Crippen LogP contribution < -0.4 is 10.1 Å². The molecule has 1 aliphatic heterocycles. The molecule has 0 saturated carbocycles. The molecule has 5 nitrogen and oxygen atoms in total. The zero-order chi connectivity index (χ0) is 16.7. The maximum absolute atomic E-state index is 12.6. The van der Waals surface area contributed by atoms with Crippen LogP contribution >= 0.6 is 0 Å². The molecule has 2 rings (SSSR count). The lowest BCUT2D eigenvalue weighted by Gasteiger charge is -2.33. The number of ether oxygens (including phenoxy) is 1. The van der Waals surface area contributed by atoms with Gasteiger partial charge in [0.25, 0.3) is 5.91 Å². The Morgan fingerprint density at radius 3 is 2.96 bits per heavy atom. The molecule has 1 fully saturated rings. The van der Waals surface area contributed by atoms with Crippen molar-refractivity contribution in [3.05, 3.63) is 29.8 Å². The van der Waals surface area contributed by atoms with Crippen LogP contribution in [-0.4, -0.2) is 43.5 Å². The van der Waals surface area contributed by atoms with E-state index in [4.69, 9.17) is 4.74 Å². The highest BCUT2D eigenvalue weighted by atomic mass is 16.5. The molecule has 0 aliphatic carbocycles. The zero-order valence-corrected chi connectivity index (χ0v) is 14.0. The van der Waals surface area contributed by atoms with Gasteiger partial charge in [-0.3, -0.25) is 9.59 Å². The van der Waals surface area contributed by atoms with E-state index >= 15 is 0 Å². The predicted molar refractivity (Wildman–Crippen MR) is 89.5 cm³/mol. The van der Waals surface area contributed by atoms with Crippen LogP contribution in [0.25, 0.3) is 0 Å². The summed E-state index contributed by atoms with van der Waals surface area (Å²) in [5.41, 5.74) is 0.653. The molecule has 23 heavy (non-hydrogen) atoms. The van der Waals surface area contributed by atoms with Gasteiger partial charge in [-0.05, 0) is 43.4 Å². The number of carbonyl (C=O) groups excluding carboxylic acids is 2. The van der Waals surface area contributed by atoms with Gasteiger partial charge in [0.05, 0.1) is 7.11 Å². The number of methoxy groups -OCH3 is 1. The summed E-state index contributed by atoms with van der Waals surface area (Å²) in [6, 6.07) is 7.25. The maximum atomic E-state index is 12.6. The Bertz CT molecular complexity index is 545. The molecule has 0 unspecified atom stereocenters. The third-order valence-electron chi connectivity index (χ3n) is 4.19. The van der Waals surface area contributed by atoms with Gasteiger partial charge in [0.2, 0.25) is 5.91 Å². The molecule has 126 valence electrons. The van der Waals surface area contributed by atoms with Gasteiger partial charge < -0.3 is 15.0 Å². The first-order valence-electron chi connectivity index (χ1n) is 8.34. The number of likely N-dealkylation sites (tertiary alicyclic amines) is 1. The van der Waals surface area contributed by atoms with E-state index in [0.29, 0.717) is 36.7 Å². The van der Waals surface area contributed by atoms with Gasteiger partial charge in [0, 0.05) is 31.6 Å². The van der Waals surface area contributed by atoms with Crippen molar-refractivity contribution in [2.45, 2.75) is 32.6 Å². The molecule has 1 aliphatic rings. The molecule has 1 heterocycles. The van der Waals surface area contributed by atoms with E-state index in [1.54, 1.807) is 13.2 Å². The number of carbonyl (C=O) groups is 2. The van der Waals surface area contributed by atoms with Crippen molar-refractivity contribution >= 4 is 11.8 Å². The van der Waals surface area contributed by atoms with Crippen LogP contribution in [0.2, 0.25) is 0 Å². The number of hydrogen-bond acceptors (Lipinski definition) is 3. The minimum absolute atomic E-state index is 0.0356. The molecular formula is C18H26N2O3. The van der Waals surface area contributed by atoms with Crippen molar-refractivity contribution in [1.29, 1.82) is 0 Å². The highest BCUT2D eigenvalue weighted by Gasteiger charge is 2.24. The summed E-state index contributed by atoms with van der Waals surface area (Å²) in [5.74, 6) is 1.16. The Morgan fingerprint density at radius 2 is 2.22 bits per heavy atom. The fourth-order valence-corrected chi connectivity index (χ4v) is 2.93. The number of rotatable bonds is 6. The van der Waals surface area contributed by atoms with E-state index < -0.39 is 0 Å². The number of nitrogens with zero attached hydrogens (tertiary/aromatic N) is 1. The van der Waals surface area contributed by atoms with E-state index in [2.05, 4.69) is 5.32 Å². The second kappa shape index (κ2) is 8.56. The molecule has 1 aromatic rings. The first kappa shape index (κ1) is 17.3. The molecule has 0 radical (unpaired) electrons. The van der Waals surface area contributed by atoms with E-state index in [-0.39, 0.29) is 11.8 Å². The van der Waals surface area contributed by atoms with E-state index in [0.717, 1.165) is 25.8 Å². The van der Waals surface area contributed by atoms with Crippen molar-refractivity contribution in [1.82, 2.24) is 10.2 Å². The number of piperidine rings is 1.